The Morgan fingerprint density at radius 3 is 1.90 bits per heavy atom. The Morgan fingerprint density at radius 2 is 1.29 bits per heavy atom. The molecule has 0 aromatic rings. The minimum absolute atomic E-state index is 0.112. The van der Waals surface area contributed by atoms with Crippen molar-refractivity contribution in [2.45, 2.75) is 222 Å². The van der Waals surface area contributed by atoms with Gasteiger partial charge in [0.15, 0.2) is 0 Å². The lowest BCUT2D eigenvalue weighted by Crippen LogP contribution is -2.66. The van der Waals surface area contributed by atoms with Crippen molar-refractivity contribution < 1.29 is 23.9 Å². The van der Waals surface area contributed by atoms with Crippen molar-refractivity contribution in [2.75, 3.05) is 0 Å². The molecule has 298 valence electrons. The molecule has 0 heterocycles. The van der Waals surface area contributed by atoms with Gasteiger partial charge in [0.05, 0.1) is 6.42 Å². The van der Waals surface area contributed by atoms with Crippen LogP contribution in [0, 0.1) is 56.7 Å². The highest BCUT2D eigenvalue weighted by atomic mass is 16.6. The molecular weight excluding hydrogens is 645 g/mol. The average Bonchev–Trinajstić information content (AvgIpc) is 3.43. The Morgan fingerprint density at radius 1 is 0.654 bits per heavy atom. The van der Waals surface area contributed by atoms with E-state index in [-0.39, 0.29) is 52.0 Å². The van der Waals surface area contributed by atoms with Crippen molar-refractivity contribution in [1.29, 1.82) is 0 Å². The standard InChI is InChI=1S/C47H80O5/c1-10-11-12-13-14-15-16-17-18-19-20-21-35(51-34(3)49)32-41(50)52-40-26-28-45(7)38(43(40,4)5)25-29-47(9)39(45)23-22-37-42-36(33(2)48)24-27-44(42,6)30-31-46(37,47)8/h35-40,42H,10-32H2,1-9H3. The molecule has 5 rings (SSSR count). The zero-order valence-corrected chi connectivity index (χ0v) is 35.3. The zero-order chi connectivity index (χ0) is 38.0. The van der Waals surface area contributed by atoms with Crippen LogP contribution in [0.2, 0.25) is 0 Å². The lowest BCUT2D eigenvalue weighted by molar-refractivity contribution is -0.249. The minimum Gasteiger partial charge on any atom is -0.462 e. The summed E-state index contributed by atoms with van der Waals surface area (Å²) in [4.78, 5) is 38.5. The molecule has 5 saturated carbocycles. The third kappa shape index (κ3) is 8.10. The van der Waals surface area contributed by atoms with E-state index in [1.165, 1.54) is 110 Å². The number of carbonyl (C=O) groups is 3. The van der Waals surface area contributed by atoms with Crippen LogP contribution in [0.25, 0.3) is 0 Å². The predicted octanol–water partition coefficient (Wildman–Crippen LogP) is 12.6. The summed E-state index contributed by atoms with van der Waals surface area (Å²) in [5.41, 5.74) is 0.941. The summed E-state index contributed by atoms with van der Waals surface area (Å²) in [6.45, 7) is 20.8. The Labute approximate surface area is 319 Å². The van der Waals surface area contributed by atoms with Crippen molar-refractivity contribution in [3.05, 3.63) is 0 Å². The maximum absolute atomic E-state index is 13.6. The molecule has 0 N–H and O–H groups in total. The fourth-order valence-electron chi connectivity index (χ4n) is 14.4. The highest BCUT2D eigenvalue weighted by Crippen LogP contribution is 2.77. The molecule has 0 aromatic heterocycles. The van der Waals surface area contributed by atoms with Crippen LogP contribution in [0.4, 0.5) is 0 Å². The molecule has 0 amide bonds. The van der Waals surface area contributed by atoms with E-state index in [0.717, 1.165) is 38.5 Å². The van der Waals surface area contributed by atoms with E-state index >= 15 is 0 Å². The SMILES string of the molecule is CCCCCCCCCCCCCC(CC(=O)OC1CCC2(C)C(CCC3(C)C2CCC2C4C(C(C)=O)CCC4(C)CCC23C)C1(C)C)OC(C)=O. The molecule has 5 fully saturated rings. The first kappa shape index (κ1) is 41.8. The van der Waals surface area contributed by atoms with Gasteiger partial charge in [0, 0.05) is 18.3 Å². The van der Waals surface area contributed by atoms with Crippen molar-refractivity contribution in [3.8, 4) is 0 Å². The van der Waals surface area contributed by atoms with Crippen LogP contribution in [-0.4, -0.2) is 29.9 Å². The molecule has 5 aliphatic rings. The monoisotopic (exact) mass is 725 g/mol. The van der Waals surface area contributed by atoms with E-state index in [1.807, 2.05) is 6.92 Å². The Bertz CT molecular complexity index is 1240. The maximum atomic E-state index is 13.6. The largest absolute Gasteiger partial charge is 0.462 e. The van der Waals surface area contributed by atoms with E-state index in [1.54, 1.807) is 0 Å². The topological polar surface area (TPSA) is 69.7 Å². The quantitative estimate of drug-likeness (QED) is 0.110. The summed E-state index contributed by atoms with van der Waals surface area (Å²) in [5, 5.41) is 0. The van der Waals surface area contributed by atoms with E-state index in [2.05, 4.69) is 48.5 Å². The van der Waals surface area contributed by atoms with Gasteiger partial charge in [-0.05, 0) is 129 Å². The van der Waals surface area contributed by atoms with Gasteiger partial charge >= 0.3 is 11.9 Å². The number of hydrogen-bond acceptors (Lipinski definition) is 5. The number of rotatable bonds is 17. The number of hydrogen-bond donors (Lipinski definition) is 0. The van der Waals surface area contributed by atoms with Gasteiger partial charge in [-0.25, -0.2) is 0 Å². The first-order chi connectivity index (χ1) is 24.5. The number of ether oxygens (including phenoxy) is 2. The summed E-state index contributed by atoms with van der Waals surface area (Å²) < 4.78 is 12.1. The number of unbranched alkanes of at least 4 members (excludes halogenated alkanes) is 10. The molecule has 11 atom stereocenters. The highest BCUT2D eigenvalue weighted by Gasteiger charge is 2.70. The molecular formula is C47H80O5. The maximum Gasteiger partial charge on any atom is 0.309 e. The number of esters is 2. The third-order valence-corrected chi connectivity index (χ3v) is 17.4. The van der Waals surface area contributed by atoms with Crippen LogP contribution in [-0.2, 0) is 23.9 Å². The molecule has 0 aliphatic heterocycles. The molecule has 5 aliphatic carbocycles. The van der Waals surface area contributed by atoms with Gasteiger partial charge in [0.2, 0.25) is 0 Å². The van der Waals surface area contributed by atoms with Gasteiger partial charge in [-0.2, -0.15) is 0 Å². The summed E-state index contributed by atoms with van der Waals surface area (Å²) in [6.07, 6.45) is 26.2. The number of Topliss-reactive ketones (excluding diaryl/α,β-unsaturated/α-hetero) is 1. The fraction of sp³-hybridized carbons (Fsp3) is 0.936. The van der Waals surface area contributed by atoms with Gasteiger partial charge in [0.25, 0.3) is 0 Å². The van der Waals surface area contributed by atoms with Crippen molar-refractivity contribution in [2.24, 2.45) is 56.7 Å². The second kappa shape index (κ2) is 16.8. The molecule has 0 saturated heterocycles. The van der Waals surface area contributed by atoms with Gasteiger partial charge in [-0.15, -0.1) is 0 Å². The van der Waals surface area contributed by atoms with Crippen LogP contribution in [0.1, 0.15) is 210 Å². The number of ketones is 1. The first-order valence-corrected chi connectivity index (χ1v) is 22.4. The van der Waals surface area contributed by atoms with Crippen LogP contribution in [0.3, 0.4) is 0 Å². The highest BCUT2D eigenvalue weighted by molar-refractivity contribution is 5.79. The van der Waals surface area contributed by atoms with Crippen LogP contribution in [0.15, 0.2) is 0 Å². The molecule has 11 unspecified atom stereocenters. The van der Waals surface area contributed by atoms with Gasteiger partial charge in [-0.1, -0.05) is 113 Å². The smallest absolute Gasteiger partial charge is 0.309 e. The lowest BCUT2D eigenvalue weighted by atomic mass is 9.32. The van der Waals surface area contributed by atoms with E-state index in [0.29, 0.717) is 34.9 Å². The average molecular weight is 725 g/mol. The second-order valence-corrected chi connectivity index (χ2v) is 20.7. The normalized spacial score (nSPS) is 39.7. The molecule has 0 aromatic carbocycles. The van der Waals surface area contributed by atoms with Crippen LogP contribution >= 0.6 is 0 Å². The summed E-state index contributed by atoms with van der Waals surface area (Å²) in [6, 6.07) is 0. The summed E-state index contributed by atoms with van der Waals surface area (Å²) >= 11 is 0. The van der Waals surface area contributed by atoms with Gasteiger partial charge in [0.1, 0.15) is 18.0 Å². The van der Waals surface area contributed by atoms with E-state index in [9.17, 15) is 14.4 Å². The number of fused-ring (bicyclic) bond motifs is 7. The summed E-state index contributed by atoms with van der Waals surface area (Å²) in [5.74, 6) is 2.51. The minimum atomic E-state index is -0.397. The van der Waals surface area contributed by atoms with E-state index < -0.39 is 6.10 Å². The molecule has 0 spiro atoms. The molecule has 0 radical (unpaired) electrons. The van der Waals surface area contributed by atoms with Crippen molar-refractivity contribution >= 4 is 17.7 Å². The Hall–Kier alpha value is -1.39. The molecule has 5 nitrogen and oxygen atoms in total. The van der Waals surface area contributed by atoms with Gasteiger partial charge in [-0.3, -0.25) is 14.4 Å². The lowest BCUT2D eigenvalue weighted by Gasteiger charge is -2.72. The second-order valence-electron chi connectivity index (χ2n) is 20.7. The third-order valence-electron chi connectivity index (χ3n) is 17.4. The Kier molecular flexibility index (Phi) is 13.5. The van der Waals surface area contributed by atoms with Crippen LogP contribution < -0.4 is 0 Å². The fourth-order valence-corrected chi connectivity index (χ4v) is 14.4. The van der Waals surface area contributed by atoms with Crippen molar-refractivity contribution in [3.63, 3.8) is 0 Å². The summed E-state index contributed by atoms with van der Waals surface area (Å²) in [7, 11) is 0. The van der Waals surface area contributed by atoms with E-state index in [4.69, 9.17) is 9.47 Å². The van der Waals surface area contributed by atoms with Gasteiger partial charge < -0.3 is 9.47 Å². The Balaban J connectivity index is 1.17. The molecule has 52 heavy (non-hydrogen) atoms. The molecule has 0 bridgehead atoms. The first-order valence-electron chi connectivity index (χ1n) is 22.4. The zero-order valence-electron chi connectivity index (χ0n) is 35.3. The van der Waals surface area contributed by atoms with Crippen LogP contribution in [0.5, 0.6) is 0 Å². The molecule has 5 heteroatoms. The van der Waals surface area contributed by atoms with Crippen molar-refractivity contribution in [1.82, 2.24) is 0 Å². The predicted molar refractivity (Wildman–Crippen MR) is 212 cm³/mol. The number of carbonyl (C=O) groups excluding carboxylic acids is 3.